The monoisotopic (exact) mass is 333 g/mol. The Morgan fingerprint density at radius 2 is 2.11 bits per heavy atom. The Hall–Kier alpha value is -0.430. The number of aliphatic hydroxyl groups is 1. The van der Waals surface area contributed by atoms with Gasteiger partial charge in [-0.3, -0.25) is 0 Å². The first-order valence-electron chi connectivity index (χ1n) is 5.81. The molecule has 0 aromatic heterocycles. The van der Waals surface area contributed by atoms with Crippen molar-refractivity contribution in [2.45, 2.75) is 24.3 Å². The van der Waals surface area contributed by atoms with Gasteiger partial charge in [0.15, 0.2) is 0 Å². The van der Waals surface area contributed by atoms with Crippen LogP contribution in [0.3, 0.4) is 0 Å². The maximum Gasteiger partial charge on any atom is 0.243 e. The molecule has 6 heteroatoms. The van der Waals surface area contributed by atoms with E-state index in [9.17, 15) is 8.42 Å². The molecule has 1 N–H and O–H groups in total. The zero-order valence-electron chi connectivity index (χ0n) is 10.1. The lowest BCUT2D eigenvalue weighted by Gasteiger charge is -2.18. The zero-order chi connectivity index (χ0) is 13.3. The number of sulfonamides is 1. The minimum atomic E-state index is -3.44. The van der Waals surface area contributed by atoms with Gasteiger partial charge >= 0.3 is 0 Å². The van der Waals surface area contributed by atoms with Gasteiger partial charge in [0.1, 0.15) is 0 Å². The molecule has 0 unspecified atom stereocenters. The Labute approximate surface area is 116 Å². The number of halogens is 1. The van der Waals surface area contributed by atoms with E-state index in [0.29, 0.717) is 22.5 Å². The third-order valence-corrected chi connectivity index (χ3v) is 5.88. The van der Waals surface area contributed by atoms with Gasteiger partial charge in [0.2, 0.25) is 10.0 Å². The lowest BCUT2D eigenvalue weighted by molar-refractivity contribution is 0.281. The van der Waals surface area contributed by atoms with Gasteiger partial charge in [-0.25, -0.2) is 12.7 Å². The van der Waals surface area contributed by atoms with Gasteiger partial charge in [-0.05, 0) is 52.4 Å². The van der Waals surface area contributed by atoms with Crippen LogP contribution in [-0.4, -0.2) is 31.4 Å². The molecule has 18 heavy (non-hydrogen) atoms. The van der Waals surface area contributed by atoms with Gasteiger partial charge in [0.25, 0.3) is 0 Å². The van der Waals surface area contributed by atoms with Crippen molar-refractivity contribution in [3.05, 3.63) is 28.2 Å². The SMILES string of the molecule is CN(CC1CC1)S(=O)(=O)c1ccc(CO)cc1Br. The number of rotatable bonds is 5. The van der Waals surface area contributed by atoms with Gasteiger partial charge < -0.3 is 5.11 Å². The van der Waals surface area contributed by atoms with Gasteiger partial charge in [0, 0.05) is 18.1 Å². The smallest absolute Gasteiger partial charge is 0.243 e. The number of aliphatic hydroxyl groups excluding tert-OH is 1. The predicted molar refractivity (Wildman–Crippen MR) is 72.6 cm³/mol. The Kier molecular flexibility index (Phi) is 4.11. The molecule has 2 rings (SSSR count). The summed E-state index contributed by atoms with van der Waals surface area (Å²) in [5, 5.41) is 9.01. The second kappa shape index (κ2) is 5.28. The van der Waals surface area contributed by atoms with Gasteiger partial charge in [-0.2, -0.15) is 0 Å². The van der Waals surface area contributed by atoms with E-state index >= 15 is 0 Å². The van der Waals surface area contributed by atoms with Gasteiger partial charge in [-0.1, -0.05) is 6.07 Å². The molecule has 0 radical (unpaired) electrons. The Bertz CT molecular complexity index is 540. The Balaban J connectivity index is 2.28. The van der Waals surface area contributed by atoms with Crippen LogP contribution in [0.1, 0.15) is 18.4 Å². The highest BCUT2D eigenvalue weighted by Gasteiger charge is 2.30. The molecule has 1 aromatic rings. The molecule has 1 aliphatic carbocycles. The van der Waals surface area contributed by atoms with E-state index in [0.717, 1.165) is 12.8 Å². The van der Waals surface area contributed by atoms with E-state index in [2.05, 4.69) is 15.9 Å². The van der Waals surface area contributed by atoms with Gasteiger partial charge in [-0.15, -0.1) is 0 Å². The van der Waals surface area contributed by atoms with Crippen molar-refractivity contribution in [1.29, 1.82) is 0 Å². The second-order valence-corrected chi connectivity index (χ2v) is 7.52. The van der Waals surface area contributed by atoms with Crippen molar-refractivity contribution >= 4 is 26.0 Å². The van der Waals surface area contributed by atoms with E-state index in [-0.39, 0.29) is 11.5 Å². The summed E-state index contributed by atoms with van der Waals surface area (Å²) in [7, 11) is -1.83. The van der Waals surface area contributed by atoms with Crippen LogP contribution in [0.2, 0.25) is 0 Å². The van der Waals surface area contributed by atoms with E-state index in [1.54, 1.807) is 19.2 Å². The molecule has 0 amide bonds. The molecule has 1 fully saturated rings. The minimum Gasteiger partial charge on any atom is -0.392 e. The van der Waals surface area contributed by atoms with E-state index in [1.807, 2.05) is 0 Å². The number of hydrogen-bond donors (Lipinski definition) is 1. The first kappa shape index (κ1) is 14.0. The zero-order valence-corrected chi connectivity index (χ0v) is 12.5. The lowest BCUT2D eigenvalue weighted by Crippen LogP contribution is -2.29. The molecule has 0 aliphatic heterocycles. The molecule has 1 saturated carbocycles. The molecule has 1 aliphatic rings. The summed E-state index contributed by atoms with van der Waals surface area (Å²) in [5.74, 6) is 0.514. The fourth-order valence-electron chi connectivity index (χ4n) is 1.78. The summed E-state index contributed by atoms with van der Waals surface area (Å²) in [6.07, 6.45) is 2.23. The summed E-state index contributed by atoms with van der Waals surface area (Å²) in [6.45, 7) is 0.480. The third kappa shape index (κ3) is 2.93. The van der Waals surface area contributed by atoms with Crippen LogP contribution in [0, 0.1) is 5.92 Å². The highest BCUT2D eigenvalue weighted by molar-refractivity contribution is 9.10. The summed E-state index contributed by atoms with van der Waals surface area (Å²) in [4.78, 5) is 0.253. The van der Waals surface area contributed by atoms with Gasteiger partial charge in [0.05, 0.1) is 11.5 Å². The molecule has 0 atom stereocenters. The molecule has 0 bridgehead atoms. The molecule has 0 spiro atoms. The van der Waals surface area contributed by atoms with Crippen molar-refractivity contribution in [2.75, 3.05) is 13.6 Å². The number of benzene rings is 1. The topological polar surface area (TPSA) is 57.6 Å². The van der Waals surface area contributed by atoms with Crippen LogP contribution in [0.4, 0.5) is 0 Å². The van der Waals surface area contributed by atoms with E-state index in [4.69, 9.17) is 5.11 Å². The van der Waals surface area contributed by atoms with Crippen LogP contribution in [-0.2, 0) is 16.6 Å². The molecule has 1 aromatic carbocycles. The van der Waals surface area contributed by atoms with Crippen LogP contribution >= 0.6 is 15.9 Å². The first-order valence-corrected chi connectivity index (χ1v) is 8.04. The highest BCUT2D eigenvalue weighted by atomic mass is 79.9. The van der Waals surface area contributed by atoms with E-state index < -0.39 is 10.0 Å². The second-order valence-electron chi connectivity index (χ2n) is 4.65. The van der Waals surface area contributed by atoms with Crippen LogP contribution in [0.25, 0.3) is 0 Å². The quantitative estimate of drug-likeness (QED) is 0.896. The van der Waals surface area contributed by atoms with Crippen LogP contribution in [0.15, 0.2) is 27.6 Å². The summed E-state index contributed by atoms with van der Waals surface area (Å²) in [6, 6.07) is 4.80. The highest BCUT2D eigenvalue weighted by Crippen LogP contribution is 2.32. The van der Waals surface area contributed by atoms with Crippen molar-refractivity contribution in [2.24, 2.45) is 5.92 Å². The fourth-order valence-corrected chi connectivity index (χ4v) is 4.11. The van der Waals surface area contributed by atoms with E-state index in [1.165, 1.54) is 10.4 Å². The predicted octanol–water partition coefficient (Wildman–Crippen LogP) is 1.97. The fraction of sp³-hybridized carbons (Fsp3) is 0.500. The number of hydrogen-bond acceptors (Lipinski definition) is 3. The lowest BCUT2D eigenvalue weighted by atomic mass is 10.2. The normalized spacial score (nSPS) is 16.2. The number of nitrogens with zero attached hydrogens (tertiary/aromatic N) is 1. The van der Waals surface area contributed by atoms with Crippen molar-refractivity contribution < 1.29 is 13.5 Å². The van der Waals surface area contributed by atoms with Crippen LogP contribution in [0.5, 0.6) is 0 Å². The Morgan fingerprint density at radius 1 is 1.44 bits per heavy atom. The molecular formula is C12H16BrNO3S. The third-order valence-electron chi connectivity index (χ3n) is 3.08. The maximum atomic E-state index is 12.3. The molecule has 100 valence electrons. The summed E-state index contributed by atoms with van der Waals surface area (Å²) >= 11 is 3.26. The molecule has 4 nitrogen and oxygen atoms in total. The van der Waals surface area contributed by atoms with Crippen LogP contribution < -0.4 is 0 Å². The first-order chi connectivity index (χ1) is 8.45. The largest absolute Gasteiger partial charge is 0.392 e. The Morgan fingerprint density at radius 3 is 2.61 bits per heavy atom. The average Bonchev–Trinajstić information content (AvgIpc) is 3.12. The summed E-state index contributed by atoms with van der Waals surface area (Å²) < 4.78 is 26.6. The molecule has 0 saturated heterocycles. The molecule has 0 heterocycles. The minimum absolute atomic E-state index is 0.100. The van der Waals surface area contributed by atoms with Crippen molar-refractivity contribution in [3.63, 3.8) is 0 Å². The standard InChI is InChI=1S/C12H16BrNO3S/c1-14(7-9-2-3-9)18(16,17)12-5-4-10(8-15)6-11(12)13/h4-6,9,15H,2-3,7-8H2,1H3. The average molecular weight is 334 g/mol. The van der Waals surface area contributed by atoms with Crippen molar-refractivity contribution in [1.82, 2.24) is 4.31 Å². The maximum absolute atomic E-state index is 12.3. The summed E-state index contributed by atoms with van der Waals surface area (Å²) in [5.41, 5.74) is 0.686. The molecular weight excluding hydrogens is 318 g/mol. The van der Waals surface area contributed by atoms with Crippen molar-refractivity contribution in [3.8, 4) is 0 Å².